The van der Waals surface area contributed by atoms with Crippen molar-refractivity contribution in [2.24, 2.45) is 0 Å². The molecule has 0 aliphatic rings. The summed E-state index contributed by atoms with van der Waals surface area (Å²) >= 11 is 0. The smallest absolute Gasteiger partial charge is 0.128 e. The van der Waals surface area contributed by atoms with Gasteiger partial charge in [-0.1, -0.05) is 19.6 Å². The van der Waals surface area contributed by atoms with E-state index in [0.29, 0.717) is 0 Å². The number of anilines is 1. The summed E-state index contributed by atoms with van der Waals surface area (Å²) in [6.45, 7) is 8.87. The van der Waals surface area contributed by atoms with Gasteiger partial charge in [-0.2, -0.15) is 0 Å². The molecule has 13 heavy (non-hydrogen) atoms. The molecule has 1 rings (SSSR count). The first-order valence-corrected chi connectivity index (χ1v) is 4.61. The normalized spacial score (nSPS) is 9.69. The lowest BCUT2D eigenvalue weighted by molar-refractivity contribution is 0.965. The maximum Gasteiger partial charge on any atom is 0.128 e. The average Bonchev–Trinajstić information content (AvgIpc) is 2.16. The summed E-state index contributed by atoms with van der Waals surface area (Å²) in [6, 6.07) is 2.08. The van der Waals surface area contributed by atoms with E-state index in [1.165, 1.54) is 5.56 Å². The molecule has 0 aliphatic carbocycles. The second-order valence-corrected chi connectivity index (χ2v) is 3.07. The molecule has 1 aromatic rings. The molecule has 1 N–H and O–H groups in total. The molecule has 2 nitrogen and oxygen atoms in total. The molecule has 70 valence electrons. The zero-order valence-corrected chi connectivity index (χ0v) is 8.30. The van der Waals surface area contributed by atoms with Crippen LogP contribution >= 0.6 is 0 Å². The highest BCUT2D eigenvalue weighted by Gasteiger charge is 1.97. The fraction of sp³-hybridized carbons (Fsp3) is 0.364. The van der Waals surface area contributed by atoms with Gasteiger partial charge in [-0.15, -0.1) is 0 Å². The van der Waals surface area contributed by atoms with Gasteiger partial charge in [0.25, 0.3) is 0 Å². The van der Waals surface area contributed by atoms with Gasteiger partial charge in [-0.05, 0) is 30.5 Å². The van der Waals surface area contributed by atoms with Crippen LogP contribution in [-0.4, -0.2) is 11.5 Å². The minimum Gasteiger partial charge on any atom is -0.370 e. The highest BCUT2D eigenvalue weighted by Crippen LogP contribution is 2.13. The van der Waals surface area contributed by atoms with Gasteiger partial charge in [0.1, 0.15) is 5.82 Å². The van der Waals surface area contributed by atoms with Gasteiger partial charge in [-0.3, -0.25) is 0 Å². The summed E-state index contributed by atoms with van der Waals surface area (Å²) in [5.41, 5.74) is 2.24. The van der Waals surface area contributed by atoms with Crippen molar-refractivity contribution in [2.45, 2.75) is 20.3 Å². The average molecular weight is 176 g/mol. The van der Waals surface area contributed by atoms with Crippen LogP contribution in [0.3, 0.4) is 0 Å². The summed E-state index contributed by atoms with van der Waals surface area (Å²) in [5.74, 6) is 0.979. The minimum absolute atomic E-state index is 0.973. The van der Waals surface area contributed by atoms with Crippen LogP contribution < -0.4 is 5.32 Å². The summed E-state index contributed by atoms with van der Waals surface area (Å²) in [7, 11) is 0. The molecular weight excluding hydrogens is 160 g/mol. The van der Waals surface area contributed by atoms with Crippen LogP contribution in [0.25, 0.3) is 6.08 Å². The molecule has 0 amide bonds. The number of pyridine rings is 1. The summed E-state index contributed by atoms with van der Waals surface area (Å²) < 4.78 is 0. The predicted octanol–water partition coefficient (Wildman–Crippen LogP) is 2.85. The zero-order valence-electron chi connectivity index (χ0n) is 8.30. The van der Waals surface area contributed by atoms with E-state index in [2.05, 4.69) is 36.8 Å². The molecule has 0 unspecified atom stereocenters. The van der Waals surface area contributed by atoms with Gasteiger partial charge >= 0.3 is 0 Å². The lowest BCUT2D eigenvalue weighted by atomic mass is 10.2. The molecule has 0 radical (unpaired) electrons. The molecule has 0 fully saturated rings. The van der Waals surface area contributed by atoms with Gasteiger partial charge < -0.3 is 5.32 Å². The topological polar surface area (TPSA) is 24.9 Å². The molecule has 0 bridgehead atoms. The van der Waals surface area contributed by atoms with Crippen LogP contribution in [0.4, 0.5) is 5.82 Å². The lowest BCUT2D eigenvalue weighted by Crippen LogP contribution is -2.03. The number of nitrogens with zero attached hydrogens (tertiary/aromatic N) is 1. The highest BCUT2D eigenvalue weighted by atomic mass is 15.0. The van der Waals surface area contributed by atoms with Crippen LogP contribution in [-0.2, 0) is 0 Å². The highest BCUT2D eigenvalue weighted by molar-refractivity contribution is 5.53. The number of rotatable bonds is 4. The van der Waals surface area contributed by atoms with E-state index >= 15 is 0 Å². The third-order valence-corrected chi connectivity index (χ3v) is 1.88. The van der Waals surface area contributed by atoms with Crippen molar-refractivity contribution in [2.75, 3.05) is 11.9 Å². The quantitative estimate of drug-likeness (QED) is 0.763. The van der Waals surface area contributed by atoms with Crippen molar-refractivity contribution in [1.29, 1.82) is 0 Å². The molecule has 0 aromatic carbocycles. The number of aromatic nitrogens is 1. The number of hydrogen-bond acceptors (Lipinski definition) is 2. The predicted molar refractivity (Wildman–Crippen MR) is 57.8 cm³/mol. The van der Waals surface area contributed by atoms with Gasteiger partial charge in [-0.25, -0.2) is 4.98 Å². The largest absolute Gasteiger partial charge is 0.370 e. The third kappa shape index (κ3) is 2.58. The Hall–Kier alpha value is -1.31. The van der Waals surface area contributed by atoms with Crippen molar-refractivity contribution < 1.29 is 0 Å². The monoisotopic (exact) mass is 176 g/mol. The maximum atomic E-state index is 4.30. The molecular formula is C11H16N2. The van der Waals surface area contributed by atoms with Crippen LogP contribution in [0, 0.1) is 6.92 Å². The molecule has 0 saturated carbocycles. The number of aryl methyl sites for hydroxylation is 1. The Bertz CT molecular complexity index is 292. The molecule has 0 saturated heterocycles. The first kappa shape index (κ1) is 9.78. The number of hydrogen-bond donors (Lipinski definition) is 1. The molecule has 1 heterocycles. The number of nitrogens with one attached hydrogen (secondary N) is 1. The first-order valence-electron chi connectivity index (χ1n) is 4.61. The van der Waals surface area contributed by atoms with Crippen molar-refractivity contribution in [3.8, 4) is 0 Å². The molecule has 0 spiro atoms. The Labute approximate surface area is 79.7 Å². The van der Waals surface area contributed by atoms with Gasteiger partial charge in [0.05, 0.1) is 0 Å². The van der Waals surface area contributed by atoms with Gasteiger partial charge in [0, 0.05) is 12.7 Å². The van der Waals surface area contributed by atoms with E-state index < -0.39 is 0 Å². The van der Waals surface area contributed by atoms with E-state index in [0.717, 1.165) is 24.3 Å². The first-order chi connectivity index (χ1) is 6.27. The van der Waals surface area contributed by atoms with Gasteiger partial charge in [0.2, 0.25) is 0 Å². The third-order valence-electron chi connectivity index (χ3n) is 1.88. The summed E-state index contributed by atoms with van der Waals surface area (Å²) in [6.07, 6.45) is 4.76. The van der Waals surface area contributed by atoms with Crippen molar-refractivity contribution in [1.82, 2.24) is 4.98 Å². The minimum atomic E-state index is 0.973. The van der Waals surface area contributed by atoms with E-state index in [4.69, 9.17) is 0 Å². The molecule has 1 aromatic heterocycles. The SMILES string of the molecule is C=Cc1cnc(NCCC)c(C)c1. The fourth-order valence-corrected chi connectivity index (χ4v) is 1.14. The Balaban J connectivity index is 2.79. The van der Waals surface area contributed by atoms with E-state index in [9.17, 15) is 0 Å². The molecule has 0 atom stereocenters. The fourth-order valence-electron chi connectivity index (χ4n) is 1.14. The van der Waals surface area contributed by atoms with Crippen LogP contribution in [0.2, 0.25) is 0 Å². The van der Waals surface area contributed by atoms with Crippen molar-refractivity contribution in [3.63, 3.8) is 0 Å². The standard InChI is InChI=1S/C11H16N2/c1-4-6-12-11-9(3)7-10(5-2)8-13-11/h5,7-8H,2,4,6H2,1,3H3,(H,12,13). The Morgan fingerprint density at radius 2 is 2.38 bits per heavy atom. The molecule has 2 heteroatoms. The Morgan fingerprint density at radius 3 is 2.92 bits per heavy atom. The second-order valence-electron chi connectivity index (χ2n) is 3.07. The van der Waals surface area contributed by atoms with E-state index in [1.54, 1.807) is 0 Å². The van der Waals surface area contributed by atoms with Crippen molar-refractivity contribution >= 4 is 11.9 Å². The van der Waals surface area contributed by atoms with Crippen LogP contribution in [0.5, 0.6) is 0 Å². The maximum absolute atomic E-state index is 4.30. The van der Waals surface area contributed by atoms with E-state index in [-0.39, 0.29) is 0 Å². The van der Waals surface area contributed by atoms with Crippen molar-refractivity contribution in [3.05, 3.63) is 30.0 Å². The second kappa shape index (κ2) is 4.65. The van der Waals surface area contributed by atoms with Crippen LogP contribution in [0.15, 0.2) is 18.8 Å². The summed E-state index contributed by atoms with van der Waals surface area (Å²) in [5, 5.41) is 3.27. The lowest BCUT2D eigenvalue weighted by Gasteiger charge is -2.07. The Kier molecular flexibility index (Phi) is 3.50. The molecule has 0 aliphatic heterocycles. The van der Waals surface area contributed by atoms with Crippen LogP contribution in [0.1, 0.15) is 24.5 Å². The summed E-state index contributed by atoms with van der Waals surface area (Å²) in [4.78, 5) is 4.30. The zero-order chi connectivity index (χ0) is 9.68. The Morgan fingerprint density at radius 1 is 1.62 bits per heavy atom. The van der Waals surface area contributed by atoms with Gasteiger partial charge in [0.15, 0.2) is 0 Å². The van der Waals surface area contributed by atoms with E-state index in [1.807, 2.05) is 12.3 Å².